The van der Waals surface area contributed by atoms with Gasteiger partial charge in [-0.3, -0.25) is 19.6 Å². The Kier molecular flexibility index (Phi) is 5.78. The molecule has 0 saturated heterocycles. The number of aromatic nitrogens is 2. The number of hydrogen-bond donors (Lipinski definition) is 1. The maximum absolute atomic E-state index is 12.5. The van der Waals surface area contributed by atoms with Crippen LogP contribution in [0.3, 0.4) is 0 Å². The second-order valence-corrected chi connectivity index (χ2v) is 7.71. The van der Waals surface area contributed by atoms with Crippen LogP contribution < -0.4 is 5.32 Å². The van der Waals surface area contributed by atoms with Crippen molar-refractivity contribution in [2.75, 3.05) is 5.32 Å². The molecular weight excluding hydrogens is 471 g/mol. The van der Waals surface area contributed by atoms with E-state index in [0.29, 0.717) is 23.5 Å². The fourth-order valence-corrected chi connectivity index (χ4v) is 3.43. The first-order valence-electron chi connectivity index (χ1n) is 8.61. The Balaban J connectivity index is 1.73. The normalized spacial score (nSPS) is 10.7. The van der Waals surface area contributed by atoms with Gasteiger partial charge in [-0.15, -0.1) is 0 Å². The van der Waals surface area contributed by atoms with Crippen LogP contribution in [0.5, 0.6) is 0 Å². The molecule has 7 nitrogen and oxygen atoms in total. The summed E-state index contributed by atoms with van der Waals surface area (Å²) in [6, 6.07) is 12.9. The average Bonchev–Trinajstić information content (AvgIpc) is 2.92. The predicted octanol–water partition coefficient (Wildman–Crippen LogP) is 4.62. The first-order valence-corrected chi connectivity index (χ1v) is 9.69. The Morgan fingerprint density at radius 2 is 1.86 bits per heavy atom. The summed E-state index contributed by atoms with van der Waals surface area (Å²) in [4.78, 5) is 23.2. The van der Waals surface area contributed by atoms with Crippen molar-refractivity contribution < 1.29 is 9.72 Å². The van der Waals surface area contributed by atoms with Gasteiger partial charge in [0.1, 0.15) is 11.4 Å². The second-order valence-electron chi connectivity index (χ2n) is 6.55. The van der Waals surface area contributed by atoms with Gasteiger partial charge in [-0.25, -0.2) is 0 Å². The van der Waals surface area contributed by atoms with E-state index < -0.39 is 4.92 Å². The lowest BCUT2D eigenvalue weighted by Gasteiger charge is -2.08. The van der Waals surface area contributed by atoms with Gasteiger partial charge >= 0.3 is 5.69 Å². The first kappa shape index (κ1) is 20.0. The molecule has 0 atom stereocenters. The molecule has 28 heavy (non-hydrogen) atoms. The zero-order valence-electron chi connectivity index (χ0n) is 15.7. The minimum absolute atomic E-state index is 0.0451. The molecule has 144 valence electrons. The summed E-state index contributed by atoms with van der Waals surface area (Å²) in [6.07, 6.45) is 0. The third-order valence-corrected chi connectivity index (χ3v) is 5.67. The molecule has 0 bridgehead atoms. The lowest BCUT2D eigenvalue weighted by molar-refractivity contribution is -0.386. The van der Waals surface area contributed by atoms with Crippen molar-refractivity contribution >= 4 is 39.9 Å². The van der Waals surface area contributed by atoms with Crippen LogP contribution in [0.15, 0.2) is 42.5 Å². The van der Waals surface area contributed by atoms with Crippen LogP contribution in [0.2, 0.25) is 0 Å². The quantitative estimate of drug-likeness (QED) is 0.321. The summed E-state index contributed by atoms with van der Waals surface area (Å²) < 4.78 is 2.70. The molecule has 0 aliphatic rings. The van der Waals surface area contributed by atoms with Gasteiger partial charge in [0.15, 0.2) is 0 Å². The minimum atomic E-state index is -0.409. The SMILES string of the molecule is Cc1ccc(NC(=O)c2ccc(Cn3nc(C)c([N+](=O)[O-])c3C)cc2)cc1I. The van der Waals surface area contributed by atoms with Crippen molar-refractivity contribution in [2.24, 2.45) is 0 Å². The molecule has 0 radical (unpaired) electrons. The monoisotopic (exact) mass is 490 g/mol. The van der Waals surface area contributed by atoms with Crippen LogP contribution in [0.4, 0.5) is 11.4 Å². The van der Waals surface area contributed by atoms with Crippen molar-refractivity contribution in [1.82, 2.24) is 9.78 Å². The average molecular weight is 490 g/mol. The van der Waals surface area contributed by atoms with Crippen LogP contribution in [0.1, 0.15) is 32.9 Å². The maximum Gasteiger partial charge on any atom is 0.312 e. The molecule has 8 heteroatoms. The van der Waals surface area contributed by atoms with Gasteiger partial charge in [-0.2, -0.15) is 5.10 Å². The molecule has 1 amide bonds. The fraction of sp³-hybridized carbons (Fsp3) is 0.200. The molecule has 0 aliphatic heterocycles. The number of carbonyl (C=O) groups excluding carboxylic acids is 1. The van der Waals surface area contributed by atoms with Crippen molar-refractivity contribution in [3.8, 4) is 0 Å². The van der Waals surface area contributed by atoms with Crippen LogP contribution in [0, 0.1) is 34.5 Å². The molecular formula is C20H19IN4O3. The highest BCUT2D eigenvalue weighted by Gasteiger charge is 2.21. The van der Waals surface area contributed by atoms with E-state index in [1.807, 2.05) is 37.3 Å². The summed E-state index contributed by atoms with van der Waals surface area (Å²) in [5.41, 5.74) is 4.31. The van der Waals surface area contributed by atoms with Crippen molar-refractivity contribution in [1.29, 1.82) is 0 Å². The van der Waals surface area contributed by atoms with Gasteiger partial charge in [-0.05, 0) is 78.8 Å². The van der Waals surface area contributed by atoms with E-state index in [1.54, 1.807) is 30.7 Å². The van der Waals surface area contributed by atoms with Crippen LogP contribution in [-0.4, -0.2) is 20.6 Å². The fourth-order valence-electron chi connectivity index (χ4n) is 2.91. The van der Waals surface area contributed by atoms with Crippen molar-refractivity contribution in [3.63, 3.8) is 0 Å². The van der Waals surface area contributed by atoms with E-state index in [1.165, 1.54) is 0 Å². The molecule has 2 aromatic carbocycles. The molecule has 0 aliphatic carbocycles. The number of benzene rings is 2. The molecule has 1 N–H and O–H groups in total. The highest BCUT2D eigenvalue weighted by atomic mass is 127. The minimum Gasteiger partial charge on any atom is -0.322 e. The largest absolute Gasteiger partial charge is 0.322 e. The Morgan fingerprint density at radius 1 is 1.18 bits per heavy atom. The molecule has 0 unspecified atom stereocenters. The van der Waals surface area contributed by atoms with Gasteiger partial charge in [0, 0.05) is 14.8 Å². The zero-order valence-corrected chi connectivity index (χ0v) is 17.9. The number of nitro groups is 1. The number of nitrogens with zero attached hydrogens (tertiary/aromatic N) is 3. The molecule has 1 heterocycles. The third kappa shape index (κ3) is 4.22. The Hall–Kier alpha value is -2.75. The number of hydrogen-bond acceptors (Lipinski definition) is 4. The number of rotatable bonds is 5. The highest BCUT2D eigenvalue weighted by Crippen LogP contribution is 2.23. The topological polar surface area (TPSA) is 90.1 Å². The smallest absolute Gasteiger partial charge is 0.312 e. The first-order chi connectivity index (χ1) is 13.3. The number of halogens is 1. The molecule has 3 aromatic rings. The van der Waals surface area contributed by atoms with Crippen LogP contribution >= 0.6 is 22.6 Å². The molecule has 0 saturated carbocycles. The van der Waals surface area contributed by atoms with Gasteiger partial charge in [-0.1, -0.05) is 18.2 Å². The van der Waals surface area contributed by atoms with E-state index in [4.69, 9.17) is 0 Å². The number of nitrogens with one attached hydrogen (secondary N) is 1. The maximum atomic E-state index is 12.5. The van der Waals surface area contributed by atoms with Crippen LogP contribution in [-0.2, 0) is 6.54 Å². The van der Waals surface area contributed by atoms with E-state index in [-0.39, 0.29) is 11.6 Å². The summed E-state index contributed by atoms with van der Waals surface area (Å²) in [6.45, 7) is 5.73. The Labute approximate surface area is 176 Å². The molecule has 0 fully saturated rings. The van der Waals surface area contributed by atoms with Gasteiger partial charge < -0.3 is 5.32 Å². The standard InChI is InChI=1S/C20H19IN4O3/c1-12-4-9-17(10-18(12)21)22-20(26)16-7-5-15(6-8-16)11-24-14(3)19(25(27)28)13(2)23-24/h4-10H,11H2,1-3H3,(H,22,26). The number of aryl methyl sites for hydroxylation is 2. The number of amides is 1. The molecule has 0 spiro atoms. The lowest BCUT2D eigenvalue weighted by atomic mass is 10.1. The summed E-state index contributed by atoms with van der Waals surface area (Å²) >= 11 is 2.24. The van der Waals surface area contributed by atoms with E-state index >= 15 is 0 Å². The summed E-state index contributed by atoms with van der Waals surface area (Å²) in [5, 5.41) is 18.3. The molecule has 3 rings (SSSR count). The molecule has 1 aromatic heterocycles. The van der Waals surface area contributed by atoms with Crippen molar-refractivity contribution in [3.05, 3.63) is 84.2 Å². The second kappa shape index (κ2) is 8.09. The third-order valence-electron chi connectivity index (χ3n) is 4.50. The Bertz CT molecular complexity index is 1060. The number of carbonyl (C=O) groups is 1. The van der Waals surface area contributed by atoms with E-state index in [9.17, 15) is 14.9 Å². The van der Waals surface area contributed by atoms with E-state index in [0.717, 1.165) is 20.4 Å². The number of anilines is 1. The predicted molar refractivity (Wildman–Crippen MR) is 116 cm³/mol. The summed E-state index contributed by atoms with van der Waals surface area (Å²) in [7, 11) is 0. The van der Waals surface area contributed by atoms with Gasteiger partial charge in [0.25, 0.3) is 5.91 Å². The Morgan fingerprint density at radius 3 is 2.43 bits per heavy atom. The summed E-state index contributed by atoms with van der Waals surface area (Å²) in [5.74, 6) is -0.187. The zero-order chi connectivity index (χ0) is 20.4. The van der Waals surface area contributed by atoms with Crippen LogP contribution in [0.25, 0.3) is 0 Å². The highest BCUT2D eigenvalue weighted by molar-refractivity contribution is 14.1. The van der Waals surface area contributed by atoms with E-state index in [2.05, 4.69) is 33.0 Å². The lowest BCUT2D eigenvalue weighted by Crippen LogP contribution is -2.12. The van der Waals surface area contributed by atoms with Crippen molar-refractivity contribution in [2.45, 2.75) is 27.3 Å². The van der Waals surface area contributed by atoms with Gasteiger partial charge in [0.05, 0.1) is 11.5 Å². The van der Waals surface area contributed by atoms with Gasteiger partial charge in [0.2, 0.25) is 0 Å².